The molecule has 1 amide bonds. The Morgan fingerprint density at radius 1 is 0.931 bits per heavy atom. The highest BCUT2D eigenvalue weighted by Gasteiger charge is 2.18. The second kappa shape index (κ2) is 8.29. The van der Waals surface area contributed by atoms with E-state index in [0.717, 1.165) is 16.5 Å². The summed E-state index contributed by atoms with van der Waals surface area (Å²) >= 11 is 6.01. The number of benzene rings is 3. The smallest absolute Gasteiger partial charge is 0.275 e. The lowest BCUT2D eigenvalue weighted by Crippen LogP contribution is -2.36. The summed E-state index contributed by atoms with van der Waals surface area (Å²) in [6.45, 7) is -0.166. The molecule has 29 heavy (non-hydrogen) atoms. The summed E-state index contributed by atoms with van der Waals surface area (Å²) in [4.78, 5) is 25.4. The van der Waals surface area contributed by atoms with Crippen molar-refractivity contribution in [1.29, 1.82) is 0 Å². The largest absolute Gasteiger partial charge is 0.344 e. The minimum atomic E-state index is -0.364. The first-order chi connectivity index (χ1) is 14.1. The minimum Gasteiger partial charge on any atom is -0.344 e. The lowest BCUT2D eigenvalue weighted by molar-refractivity contribution is -0.122. The number of hydrogen-bond acceptors (Lipinski definition) is 3. The minimum absolute atomic E-state index is 0.166. The van der Waals surface area contributed by atoms with Crippen molar-refractivity contribution in [2.75, 3.05) is 0 Å². The molecule has 1 atom stereocenters. The summed E-state index contributed by atoms with van der Waals surface area (Å²) < 4.78 is 1.18. The Kier molecular flexibility index (Phi) is 5.40. The van der Waals surface area contributed by atoms with Gasteiger partial charge in [0.25, 0.3) is 5.56 Å². The van der Waals surface area contributed by atoms with Gasteiger partial charge in [0.05, 0.1) is 17.6 Å². The quantitative estimate of drug-likeness (QED) is 0.548. The van der Waals surface area contributed by atoms with Gasteiger partial charge in [-0.15, -0.1) is 0 Å². The third kappa shape index (κ3) is 4.20. The van der Waals surface area contributed by atoms with E-state index in [1.807, 2.05) is 54.6 Å². The van der Waals surface area contributed by atoms with E-state index in [-0.39, 0.29) is 24.1 Å². The van der Waals surface area contributed by atoms with Crippen molar-refractivity contribution in [2.45, 2.75) is 12.6 Å². The summed E-state index contributed by atoms with van der Waals surface area (Å²) in [7, 11) is 0. The van der Waals surface area contributed by atoms with Gasteiger partial charge in [-0.05, 0) is 29.3 Å². The van der Waals surface area contributed by atoms with E-state index < -0.39 is 0 Å². The molecule has 0 aliphatic rings. The molecule has 0 aliphatic carbocycles. The maximum Gasteiger partial charge on any atom is 0.275 e. The zero-order chi connectivity index (χ0) is 20.2. The third-order valence-corrected chi connectivity index (χ3v) is 4.95. The van der Waals surface area contributed by atoms with Crippen LogP contribution in [-0.4, -0.2) is 15.7 Å². The van der Waals surface area contributed by atoms with Crippen molar-refractivity contribution in [3.63, 3.8) is 0 Å². The molecular weight excluding hydrogens is 386 g/mol. The van der Waals surface area contributed by atoms with E-state index in [1.165, 1.54) is 4.68 Å². The summed E-state index contributed by atoms with van der Waals surface area (Å²) in [5, 5.41) is 9.05. The Morgan fingerprint density at radius 3 is 2.34 bits per heavy atom. The molecule has 6 heteroatoms. The molecule has 1 aromatic heterocycles. The van der Waals surface area contributed by atoms with Gasteiger partial charge in [0.2, 0.25) is 5.91 Å². The van der Waals surface area contributed by atoms with Crippen molar-refractivity contribution in [2.24, 2.45) is 0 Å². The number of aromatic nitrogens is 2. The highest BCUT2D eigenvalue weighted by molar-refractivity contribution is 6.30. The Balaban J connectivity index is 1.61. The molecule has 0 bridgehead atoms. The van der Waals surface area contributed by atoms with E-state index in [9.17, 15) is 9.59 Å². The summed E-state index contributed by atoms with van der Waals surface area (Å²) in [6, 6.07) is 23.8. The van der Waals surface area contributed by atoms with E-state index in [2.05, 4.69) is 10.4 Å². The number of nitrogens with one attached hydrogen (secondary N) is 1. The Bertz CT molecular complexity index is 1200. The second-order valence-electron chi connectivity index (χ2n) is 6.66. The molecule has 0 unspecified atom stereocenters. The topological polar surface area (TPSA) is 64.0 Å². The van der Waals surface area contributed by atoms with Gasteiger partial charge in [-0.3, -0.25) is 9.59 Å². The first kappa shape index (κ1) is 18.9. The van der Waals surface area contributed by atoms with Crippen molar-refractivity contribution in [1.82, 2.24) is 15.1 Å². The summed E-state index contributed by atoms with van der Waals surface area (Å²) in [5.74, 6) is -0.307. The van der Waals surface area contributed by atoms with E-state index >= 15 is 0 Å². The van der Waals surface area contributed by atoms with Crippen LogP contribution in [0.25, 0.3) is 10.8 Å². The van der Waals surface area contributed by atoms with Crippen LogP contribution in [0, 0.1) is 0 Å². The number of hydrogen-bond donors (Lipinski definition) is 1. The van der Waals surface area contributed by atoms with Crippen molar-refractivity contribution in [3.8, 4) is 0 Å². The molecule has 1 N–H and O–H groups in total. The van der Waals surface area contributed by atoms with Gasteiger partial charge in [-0.1, -0.05) is 72.3 Å². The van der Waals surface area contributed by atoms with Gasteiger partial charge in [-0.25, -0.2) is 4.68 Å². The summed E-state index contributed by atoms with van der Waals surface area (Å²) in [6.07, 6.45) is 1.60. The van der Waals surface area contributed by atoms with E-state index in [4.69, 9.17) is 11.6 Å². The molecule has 0 aliphatic heterocycles. The standard InChI is InChI=1S/C23H18ClN3O2/c24-19-12-10-17(11-13-19)22(16-6-2-1-3-7-16)26-21(28)15-27-23(29)20-9-5-4-8-18(20)14-25-27/h1-14,22H,15H2,(H,26,28)/t22-/m0/s1. The van der Waals surface area contributed by atoms with Crippen LogP contribution in [0.2, 0.25) is 5.02 Å². The zero-order valence-electron chi connectivity index (χ0n) is 15.5. The average Bonchev–Trinajstić information content (AvgIpc) is 2.76. The average molecular weight is 404 g/mol. The van der Waals surface area contributed by atoms with Crippen molar-refractivity contribution < 1.29 is 4.79 Å². The molecule has 0 saturated carbocycles. The Hall–Kier alpha value is -3.44. The van der Waals surface area contributed by atoms with Gasteiger partial charge in [0.15, 0.2) is 0 Å². The lowest BCUT2D eigenvalue weighted by atomic mass is 9.98. The highest BCUT2D eigenvalue weighted by Crippen LogP contribution is 2.23. The highest BCUT2D eigenvalue weighted by atomic mass is 35.5. The molecule has 0 saturated heterocycles. The first-order valence-electron chi connectivity index (χ1n) is 9.16. The molecule has 1 heterocycles. The number of halogens is 1. The van der Waals surface area contributed by atoms with Crippen LogP contribution in [0.15, 0.2) is 89.9 Å². The van der Waals surface area contributed by atoms with Crippen LogP contribution in [0.1, 0.15) is 17.2 Å². The number of carbonyl (C=O) groups excluding carboxylic acids is 1. The number of fused-ring (bicyclic) bond motifs is 1. The van der Waals surface area contributed by atoms with Gasteiger partial charge in [0, 0.05) is 10.4 Å². The fourth-order valence-electron chi connectivity index (χ4n) is 3.24. The number of rotatable bonds is 5. The predicted molar refractivity (Wildman–Crippen MR) is 114 cm³/mol. The van der Waals surface area contributed by atoms with Gasteiger partial charge < -0.3 is 5.32 Å². The van der Waals surface area contributed by atoms with Crippen LogP contribution in [0.3, 0.4) is 0 Å². The molecule has 4 rings (SSSR count). The fraction of sp³-hybridized carbons (Fsp3) is 0.0870. The SMILES string of the molecule is O=C(Cn1ncc2ccccc2c1=O)N[C@@H](c1ccccc1)c1ccc(Cl)cc1. The van der Waals surface area contributed by atoms with E-state index in [0.29, 0.717) is 10.4 Å². The van der Waals surface area contributed by atoms with Crippen LogP contribution < -0.4 is 10.9 Å². The molecule has 4 aromatic rings. The van der Waals surface area contributed by atoms with Gasteiger partial charge in [-0.2, -0.15) is 5.10 Å². The molecule has 5 nitrogen and oxygen atoms in total. The van der Waals surface area contributed by atoms with Crippen molar-refractivity contribution in [3.05, 3.63) is 112 Å². The molecule has 0 spiro atoms. The van der Waals surface area contributed by atoms with E-state index in [1.54, 1.807) is 30.5 Å². The number of carbonyl (C=O) groups is 1. The van der Waals surface area contributed by atoms with Crippen LogP contribution in [-0.2, 0) is 11.3 Å². The molecule has 0 radical (unpaired) electrons. The fourth-order valence-corrected chi connectivity index (χ4v) is 3.37. The number of nitrogens with zero attached hydrogens (tertiary/aromatic N) is 2. The van der Waals surface area contributed by atoms with Crippen molar-refractivity contribution >= 4 is 28.3 Å². The maximum atomic E-state index is 12.8. The molecule has 0 fully saturated rings. The van der Waals surface area contributed by atoms with Gasteiger partial charge in [0.1, 0.15) is 6.54 Å². The van der Waals surface area contributed by atoms with Crippen LogP contribution in [0.5, 0.6) is 0 Å². The molecule has 3 aromatic carbocycles. The zero-order valence-corrected chi connectivity index (χ0v) is 16.2. The van der Waals surface area contributed by atoms with Gasteiger partial charge >= 0.3 is 0 Å². The Labute approximate surface area is 172 Å². The third-order valence-electron chi connectivity index (χ3n) is 4.70. The summed E-state index contributed by atoms with van der Waals surface area (Å²) in [5.41, 5.74) is 1.54. The van der Waals surface area contributed by atoms with Crippen LogP contribution in [0.4, 0.5) is 0 Å². The normalized spacial score (nSPS) is 11.9. The molecular formula is C23H18ClN3O2. The number of amides is 1. The first-order valence-corrected chi connectivity index (χ1v) is 9.54. The predicted octanol–water partition coefficient (Wildman–Crippen LogP) is 3.96. The van der Waals surface area contributed by atoms with Crippen LogP contribution >= 0.6 is 11.6 Å². The monoisotopic (exact) mass is 403 g/mol. The molecule has 144 valence electrons. The second-order valence-corrected chi connectivity index (χ2v) is 7.09. The Morgan fingerprint density at radius 2 is 1.59 bits per heavy atom. The maximum absolute atomic E-state index is 12.8. The lowest BCUT2D eigenvalue weighted by Gasteiger charge is -2.20.